The lowest BCUT2D eigenvalue weighted by Crippen LogP contribution is -2.18. The molecule has 2 rings (SSSR count). The summed E-state index contributed by atoms with van der Waals surface area (Å²) in [6.45, 7) is 12.9. The van der Waals surface area contributed by atoms with Crippen molar-refractivity contribution in [2.75, 3.05) is 0 Å². The number of rotatable bonds is 6. The molecule has 1 N–H and O–H groups in total. The van der Waals surface area contributed by atoms with Gasteiger partial charge in [0.15, 0.2) is 0 Å². The van der Waals surface area contributed by atoms with E-state index in [0.717, 1.165) is 24.8 Å². The van der Waals surface area contributed by atoms with Crippen molar-refractivity contribution in [3.05, 3.63) is 52.6 Å². The van der Waals surface area contributed by atoms with Crippen LogP contribution in [0.3, 0.4) is 0 Å². The van der Waals surface area contributed by atoms with Gasteiger partial charge >= 0.3 is 0 Å². The minimum absolute atomic E-state index is 0.269. The third-order valence-corrected chi connectivity index (χ3v) is 5.21. The number of hydrogen-bond donors (Lipinski definition) is 1. The van der Waals surface area contributed by atoms with Gasteiger partial charge < -0.3 is 5.11 Å². The van der Waals surface area contributed by atoms with Gasteiger partial charge in [0.25, 0.3) is 0 Å². The van der Waals surface area contributed by atoms with Crippen LogP contribution >= 0.6 is 0 Å². The topological polar surface area (TPSA) is 20.2 Å². The minimum Gasteiger partial charge on any atom is -0.508 e. The van der Waals surface area contributed by atoms with Crippen LogP contribution in [0.25, 0.3) is 0 Å². The lowest BCUT2D eigenvalue weighted by Gasteiger charge is -2.32. The zero-order valence-corrected chi connectivity index (χ0v) is 15.3. The van der Waals surface area contributed by atoms with Gasteiger partial charge in [0.2, 0.25) is 0 Å². The molecular formula is C22H32O. The summed E-state index contributed by atoms with van der Waals surface area (Å²) in [5.74, 6) is 1.18. The van der Waals surface area contributed by atoms with Gasteiger partial charge in [-0.05, 0) is 69.6 Å². The zero-order valence-electron chi connectivity index (χ0n) is 15.3. The highest BCUT2D eigenvalue weighted by atomic mass is 16.3. The van der Waals surface area contributed by atoms with Crippen LogP contribution in [-0.2, 0) is 6.42 Å². The number of phenols is 1. The predicted octanol–water partition coefficient (Wildman–Crippen LogP) is 6.45. The largest absolute Gasteiger partial charge is 0.508 e. The van der Waals surface area contributed by atoms with Crippen LogP contribution in [0.2, 0.25) is 0 Å². The van der Waals surface area contributed by atoms with E-state index in [9.17, 15) is 5.11 Å². The van der Waals surface area contributed by atoms with Gasteiger partial charge in [-0.2, -0.15) is 0 Å². The minimum atomic E-state index is 0.269. The molecule has 0 saturated heterocycles. The normalized spacial score (nSPS) is 21.1. The quantitative estimate of drug-likeness (QED) is 0.473. The van der Waals surface area contributed by atoms with Crippen LogP contribution in [0.5, 0.6) is 5.75 Å². The first-order valence-corrected chi connectivity index (χ1v) is 9.09. The molecule has 2 atom stereocenters. The van der Waals surface area contributed by atoms with Crippen molar-refractivity contribution in [3.63, 3.8) is 0 Å². The molecular weight excluding hydrogens is 280 g/mol. The summed E-state index contributed by atoms with van der Waals surface area (Å²) < 4.78 is 0. The van der Waals surface area contributed by atoms with Crippen LogP contribution in [0.15, 0.2) is 35.9 Å². The molecule has 1 aromatic carbocycles. The van der Waals surface area contributed by atoms with E-state index in [0.29, 0.717) is 11.7 Å². The maximum atomic E-state index is 10.7. The highest BCUT2D eigenvalue weighted by molar-refractivity contribution is 5.48. The smallest absolute Gasteiger partial charge is 0.119 e. The predicted molar refractivity (Wildman–Crippen MR) is 100 cm³/mol. The Morgan fingerprint density at radius 1 is 1.26 bits per heavy atom. The van der Waals surface area contributed by atoms with Crippen molar-refractivity contribution in [2.24, 2.45) is 5.92 Å². The van der Waals surface area contributed by atoms with E-state index in [1.165, 1.54) is 41.5 Å². The van der Waals surface area contributed by atoms with E-state index < -0.39 is 0 Å². The molecule has 1 aliphatic rings. The van der Waals surface area contributed by atoms with E-state index in [2.05, 4.69) is 46.4 Å². The Morgan fingerprint density at radius 2 is 2.00 bits per heavy atom. The van der Waals surface area contributed by atoms with Gasteiger partial charge in [0, 0.05) is 11.5 Å². The number of aromatic hydroxyl groups is 1. The molecule has 0 amide bonds. The fraction of sp³-hybridized carbons (Fsp3) is 0.545. The third kappa shape index (κ3) is 4.28. The van der Waals surface area contributed by atoms with E-state index in [1.54, 1.807) is 0 Å². The summed E-state index contributed by atoms with van der Waals surface area (Å²) in [5, 5.41) is 10.7. The van der Waals surface area contributed by atoms with Crippen LogP contribution in [0.1, 0.15) is 75.5 Å². The number of allylic oxidation sites excluding steroid dienone is 3. The molecule has 1 aliphatic carbocycles. The van der Waals surface area contributed by atoms with Gasteiger partial charge in [-0.25, -0.2) is 0 Å². The van der Waals surface area contributed by atoms with E-state index in [-0.39, 0.29) is 5.92 Å². The second kappa shape index (κ2) is 7.86. The van der Waals surface area contributed by atoms with E-state index >= 15 is 0 Å². The Balaban J connectivity index is 2.34. The molecule has 0 bridgehead atoms. The standard InChI is InChI=1S/C22H32O/c1-6-7-8-9-18-13-17(5)22(21(23)14-18)20-12-16(4)10-11-19(20)15(2)3/h12-14,19-20,23H,2,6-11H2,1,3-5H3. The number of benzene rings is 1. The molecule has 126 valence electrons. The first-order chi connectivity index (χ1) is 10.9. The van der Waals surface area contributed by atoms with Crippen molar-refractivity contribution in [1.82, 2.24) is 0 Å². The van der Waals surface area contributed by atoms with Gasteiger partial charge in [0.1, 0.15) is 5.75 Å². The maximum Gasteiger partial charge on any atom is 0.119 e. The zero-order chi connectivity index (χ0) is 17.0. The first kappa shape index (κ1) is 17.8. The molecule has 1 nitrogen and oxygen atoms in total. The van der Waals surface area contributed by atoms with E-state index in [1.807, 2.05) is 6.07 Å². The molecule has 0 aromatic heterocycles. The lowest BCUT2D eigenvalue weighted by molar-refractivity contribution is 0.434. The summed E-state index contributed by atoms with van der Waals surface area (Å²) in [5.41, 5.74) is 6.25. The molecule has 2 unspecified atom stereocenters. The lowest BCUT2D eigenvalue weighted by atomic mass is 9.73. The highest BCUT2D eigenvalue weighted by Gasteiger charge is 2.28. The molecule has 23 heavy (non-hydrogen) atoms. The van der Waals surface area contributed by atoms with Crippen LogP contribution in [0, 0.1) is 12.8 Å². The maximum absolute atomic E-state index is 10.7. The SMILES string of the molecule is C=C(C)C1CCC(C)=CC1c1c(C)cc(CCCCC)cc1O. The molecule has 0 saturated carbocycles. The molecule has 0 aliphatic heterocycles. The Labute approximate surface area is 142 Å². The molecule has 0 spiro atoms. The van der Waals surface area contributed by atoms with Crippen molar-refractivity contribution < 1.29 is 5.11 Å². The average molecular weight is 312 g/mol. The molecule has 0 heterocycles. The Kier molecular flexibility index (Phi) is 6.10. The number of unbranched alkanes of at least 4 members (excludes halogenated alkanes) is 2. The van der Waals surface area contributed by atoms with Crippen LogP contribution in [0.4, 0.5) is 0 Å². The Hall–Kier alpha value is -1.50. The Bertz CT molecular complexity index is 571. The first-order valence-electron chi connectivity index (χ1n) is 9.09. The van der Waals surface area contributed by atoms with Gasteiger partial charge in [0.05, 0.1) is 0 Å². The summed E-state index contributed by atoms with van der Waals surface area (Å²) in [7, 11) is 0. The fourth-order valence-corrected chi connectivity index (χ4v) is 3.92. The second-order valence-corrected chi connectivity index (χ2v) is 7.33. The van der Waals surface area contributed by atoms with Crippen molar-refractivity contribution in [3.8, 4) is 5.75 Å². The van der Waals surface area contributed by atoms with Gasteiger partial charge in [-0.1, -0.05) is 49.6 Å². The molecule has 0 radical (unpaired) electrons. The number of hydrogen-bond acceptors (Lipinski definition) is 1. The van der Waals surface area contributed by atoms with Crippen molar-refractivity contribution in [1.29, 1.82) is 0 Å². The summed E-state index contributed by atoms with van der Waals surface area (Å²) >= 11 is 0. The Morgan fingerprint density at radius 3 is 2.61 bits per heavy atom. The molecule has 1 heteroatoms. The van der Waals surface area contributed by atoms with Crippen LogP contribution < -0.4 is 0 Å². The van der Waals surface area contributed by atoms with Gasteiger partial charge in [-0.3, -0.25) is 0 Å². The number of aryl methyl sites for hydroxylation is 2. The second-order valence-electron chi connectivity index (χ2n) is 7.33. The molecule has 1 aromatic rings. The fourth-order valence-electron chi connectivity index (χ4n) is 3.92. The van der Waals surface area contributed by atoms with E-state index in [4.69, 9.17) is 0 Å². The van der Waals surface area contributed by atoms with Crippen molar-refractivity contribution >= 4 is 0 Å². The van der Waals surface area contributed by atoms with Gasteiger partial charge in [-0.15, -0.1) is 0 Å². The third-order valence-electron chi connectivity index (χ3n) is 5.21. The summed E-state index contributed by atoms with van der Waals surface area (Å²) in [6, 6.07) is 4.27. The number of phenolic OH excluding ortho intramolecular Hbond substituents is 1. The summed E-state index contributed by atoms with van der Waals surface area (Å²) in [6.07, 6.45) is 9.38. The average Bonchev–Trinajstić information content (AvgIpc) is 2.46. The monoisotopic (exact) mass is 312 g/mol. The highest BCUT2D eigenvalue weighted by Crippen LogP contribution is 2.44. The summed E-state index contributed by atoms with van der Waals surface area (Å²) in [4.78, 5) is 0. The van der Waals surface area contributed by atoms with Crippen molar-refractivity contribution in [2.45, 2.75) is 72.1 Å². The van der Waals surface area contributed by atoms with Crippen LogP contribution in [-0.4, -0.2) is 5.11 Å². The molecule has 0 fully saturated rings.